The van der Waals surface area contributed by atoms with Gasteiger partial charge < -0.3 is 19.6 Å². The van der Waals surface area contributed by atoms with Gasteiger partial charge in [-0.05, 0) is 42.8 Å². The van der Waals surface area contributed by atoms with Crippen LogP contribution in [0.4, 0.5) is 5.69 Å². The summed E-state index contributed by atoms with van der Waals surface area (Å²) in [4.78, 5) is 11.4. The Labute approximate surface area is 117 Å². The van der Waals surface area contributed by atoms with Gasteiger partial charge in [0.2, 0.25) is 0 Å². The zero-order valence-electron chi connectivity index (χ0n) is 11.5. The zero-order valence-corrected chi connectivity index (χ0v) is 11.5. The number of furan rings is 1. The second kappa shape index (κ2) is 6.25. The summed E-state index contributed by atoms with van der Waals surface area (Å²) < 4.78 is 10.1. The standard InChI is InChI=1S/C15H17NO4/c1-10-7-11(15(18)19-2)3-6-14(10)16-8-12-4-5-13(9-17)20-12/h3-7,16-17H,8-9H2,1-2H3. The fourth-order valence-electron chi connectivity index (χ4n) is 1.89. The van der Waals surface area contributed by atoms with E-state index in [2.05, 4.69) is 10.1 Å². The molecular formula is C15H17NO4. The Morgan fingerprint density at radius 3 is 2.65 bits per heavy atom. The van der Waals surface area contributed by atoms with Gasteiger partial charge >= 0.3 is 5.97 Å². The number of nitrogens with one attached hydrogen (secondary N) is 1. The van der Waals surface area contributed by atoms with Crippen LogP contribution in [0.3, 0.4) is 0 Å². The third kappa shape index (κ3) is 3.19. The Morgan fingerprint density at radius 1 is 1.30 bits per heavy atom. The van der Waals surface area contributed by atoms with Gasteiger partial charge in [0.15, 0.2) is 0 Å². The van der Waals surface area contributed by atoms with E-state index in [-0.39, 0.29) is 12.6 Å². The molecule has 0 aliphatic carbocycles. The lowest BCUT2D eigenvalue weighted by Crippen LogP contribution is -2.04. The Bertz CT molecular complexity index is 604. The van der Waals surface area contributed by atoms with Gasteiger partial charge in [-0.2, -0.15) is 0 Å². The van der Waals surface area contributed by atoms with Crippen LogP contribution in [0, 0.1) is 6.92 Å². The highest BCUT2D eigenvalue weighted by Crippen LogP contribution is 2.18. The van der Waals surface area contributed by atoms with E-state index >= 15 is 0 Å². The fraction of sp³-hybridized carbons (Fsp3) is 0.267. The Morgan fingerprint density at radius 2 is 2.05 bits per heavy atom. The number of anilines is 1. The first-order valence-corrected chi connectivity index (χ1v) is 6.25. The molecular weight excluding hydrogens is 258 g/mol. The molecule has 1 heterocycles. The Kier molecular flexibility index (Phi) is 4.42. The average Bonchev–Trinajstić information content (AvgIpc) is 2.93. The molecule has 0 bridgehead atoms. The molecule has 2 aromatic rings. The minimum absolute atomic E-state index is 0.104. The summed E-state index contributed by atoms with van der Waals surface area (Å²) in [5.41, 5.74) is 2.39. The quantitative estimate of drug-likeness (QED) is 0.820. The predicted molar refractivity (Wildman–Crippen MR) is 74.5 cm³/mol. The topological polar surface area (TPSA) is 71.7 Å². The first-order chi connectivity index (χ1) is 9.63. The van der Waals surface area contributed by atoms with E-state index in [9.17, 15) is 4.79 Å². The van der Waals surface area contributed by atoms with Gasteiger partial charge in [0.05, 0.1) is 19.2 Å². The van der Waals surface area contributed by atoms with Gasteiger partial charge in [-0.1, -0.05) is 0 Å². The summed E-state index contributed by atoms with van der Waals surface area (Å²) in [6.45, 7) is 2.32. The molecule has 0 aliphatic heterocycles. The van der Waals surface area contributed by atoms with Crippen LogP contribution in [-0.2, 0) is 17.9 Å². The van der Waals surface area contributed by atoms with E-state index in [1.807, 2.05) is 19.1 Å². The largest absolute Gasteiger partial charge is 0.465 e. The molecule has 0 fully saturated rings. The van der Waals surface area contributed by atoms with E-state index in [1.165, 1.54) is 7.11 Å². The lowest BCUT2D eigenvalue weighted by Gasteiger charge is -2.09. The maximum absolute atomic E-state index is 11.4. The third-order valence-electron chi connectivity index (χ3n) is 2.97. The summed E-state index contributed by atoms with van der Waals surface area (Å²) in [5.74, 6) is 0.934. The number of benzene rings is 1. The van der Waals surface area contributed by atoms with Crippen molar-refractivity contribution in [1.29, 1.82) is 0 Å². The molecule has 1 aromatic carbocycles. The van der Waals surface area contributed by atoms with Gasteiger partial charge in [-0.15, -0.1) is 0 Å². The van der Waals surface area contributed by atoms with E-state index in [0.717, 1.165) is 17.0 Å². The summed E-state index contributed by atoms with van der Waals surface area (Å²) in [6.07, 6.45) is 0. The number of rotatable bonds is 5. The zero-order chi connectivity index (χ0) is 14.5. The first-order valence-electron chi connectivity index (χ1n) is 6.25. The molecule has 5 heteroatoms. The lowest BCUT2D eigenvalue weighted by atomic mass is 10.1. The number of ether oxygens (including phenoxy) is 1. The number of aliphatic hydroxyl groups excluding tert-OH is 1. The minimum atomic E-state index is -0.349. The highest BCUT2D eigenvalue weighted by molar-refractivity contribution is 5.90. The molecule has 2 rings (SSSR count). The Hall–Kier alpha value is -2.27. The van der Waals surface area contributed by atoms with Crippen molar-refractivity contribution < 1.29 is 19.1 Å². The minimum Gasteiger partial charge on any atom is -0.465 e. The average molecular weight is 275 g/mol. The maximum Gasteiger partial charge on any atom is 0.337 e. The number of hydrogen-bond acceptors (Lipinski definition) is 5. The lowest BCUT2D eigenvalue weighted by molar-refractivity contribution is 0.0600. The number of aryl methyl sites for hydroxylation is 1. The Balaban J connectivity index is 2.04. The highest BCUT2D eigenvalue weighted by Gasteiger charge is 2.08. The molecule has 106 valence electrons. The highest BCUT2D eigenvalue weighted by atomic mass is 16.5. The molecule has 0 saturated heterocycles. The van der Waals surface area contributed by atoms with Crippen molar-refractivity contribution in [2.45, 2.75) is 20.1 Å². The van der Waals surface area contributed by atoms with Crippen molar-refractivity contribution in [3.05, 3.63) is 53.0 Å². The van der Waals surface area contributed by atoms with Crippen molar-refractivity contribution >= 4 is 11.7 Å². The van der Waals surface area contributed by atoms with E-state index in [0.29, 0.717) is 17.9 Å². The SMILES string of the molecule is COC(=O)c1ccc(NCc2ccc(CO)o2)c(C)c1. The van der Waals surface area contributed by atoms with Crippen LogP contribution in [0.15, 0.2) is 34.7 Å². The molecule has 0 amide bonds. The van der Waals surface area contributed by atoms with Crippen LogP contribution < -0.4 is 5.32 Å². The summed E-state index contributed by atoms with van der Waals surface area (Å²) in [5, 5.41) is 12.2. The molecule has 0 aliphatic rings. The molecule has 0 atom stereocenters. The van der Waals surface area contributed by atoms with Crippen LogP contribution in [0.25, 0.3) is 0 Å². The van der Waals surface area contributed by atoms with Crippen molar-refractivity contribution in [1.82, 2.24) is 0 Å². The van der Waals surface area contributed by atoms with E-state index in [1.54, 1.807) is 18.2 Å². The fourth-order valence-corrected chi connectivity index (χ4v) is 1.89. The summed E-state index contributed by atoms with van der Waals surface area (Å²) in [6, 6.07) is 8.87. The number of carbonyl (C=O) groups excluding carboxylic acids is 1. The molecule has 0 unspecified atom stereocenters. The third-order valence-corrected chi connectivity index (χ3v) is 2.97. The smallest absolute Gasteiger partial charge is 0.337 e. The van der Waals surface area contributed by atoms with Gasteiger partial charge in [-0.25, -0.2) is 4.79 Å². The maximum atomic E-state index is 11.4. The van der Waals surface area contributed by atoms with Crippen molar-refractivity contribution in [2.24, 2.45) is 0 Å². The van der Waals surface area contributed by atoms with Crippen LogP contribution in [0.2, 0.25) is 0 Å². The van der Waals surface area contributed by atoms with Crippen molar-refractivity contribution in [3.8, 4) is 0 Å². The van der Waals surface area contributed by atoms with Crippen LogP contribution in [-0.4, -0.2) is 18.2 Å². The number of hydrogen-bond donors (Lipinski definition) is 2. The van der Waals surface area contributed by atoms with Crippen LogP contribution >= 0.6 is 0 Å². The number of aliphatic hydroxyl groups is 1. The van der Waals surface area contributed by atoms with Crippen LogP contribution in [0.5, 0.6) is 0 Å². The summed E-state index contributed by atoms with van der Waals surface area (Å²) in [7, 11) is 1.36. The van der Waals surface area contributed by atoms with Gasteiger partial charge in [0, 0.05) is 5.69 Å². The number of esters is 1. The van der Waals surface area contributed by atoms with Gasteiger partial charge in [-0.3, -0.25) is 0 Å². The van der Waals surface area contributed by atoms with Crippen LogP contribution in [0.1, 0.15) is 27.4 Å². The molecule has 0 radical (unpaired) electrons. The summed E-state index contributed by atoms with van der Waals surface area (Å²) >= 11 is 0. The predicted octanol–water partition coefficient (Wildman–Crippen LogP) is 2.48. The van der Waals surface area contributed by atoms with Crippen molar-refractivity contribution in [2.75, 3.05) is 12.4 Å². The second-order valence-electron chi connectivity index (χ2n) is 4.40. The molecule has 0 saturated carbocycles. The van der Waals surface area contributed by atoms with Gasteiger partial charge in [0.1, 0.15) is 18.1 Å². The van der Waals surface area contributed by atoms with Crippen molar-refractivity contribution in [3.63, 3.8) is 0 Å². The van der Waals surface area contributed by atoms with Gasteiger partial charge in [0.25, 0.3) is 0 Å². The first kappa shape index (κ1) is 14.1. The molecule has 0 spiro atoms. The van der Waals surface area contributed by atoms with E-state index < -0.39 is 0 Å². The molecule has 2 N–H and O–H groups in total. The molecule has 20 heavy (non-hydrogen) atoms. The molecule has 5 nitrogen and oxygen atoms in total. The monoisotopic (exact) mass is 275 g/mol. The van der Waals surface area contributed by atoms with E-state index in [4.69, 9.17) is 9.52 Å². The second-order valence-corrected chi connectivity index (χ2v) is 4.40. The normalized spacial score (nSPS) is 10.3. The number of methoxy groups -OCH3 is 1. The molecule has 1 aromatic heterocycles. The number of carbonyl (C=O) groups is 1.